The van der Waals surface area contributed by atoms with E-state index in [1.165, 1.54) is 10.6 Å². The molecule has 0 saturated heterocycles. The predicted octanol–water partition coefficient (Wildman–Crippen LogP) is -1.12. The molecule has 0 aromatic carbocycles. The lowest BCUT2D eigenvalue weighted by molar-refractivity contribution is -0.164. The number of fused-ring (bicyclic) bond motifs is 1. The van der Waals surface area contributed by atoms with Crippen molar-refractivity contribution < 1.29 is 29.3 Å². The van der Waals surface area contributed by atoms with Crippen molar-refractivity contribution in [2.75, 3.05) is 0 Å². The first-order chi connectivity index (χ1) is 7.91. The van der Waals surface area contributed by atoms with Crippen LogP contribution in [0.5, 0.6) is 11.6 Å². The summed E-state index contributed by atoms with van der Waals surface area (Å²) >= 11 is 0. The number of aryl methyl sites for hydroxylation is 1. The lowest BCUT2D eigenvalue weighted by Crippen LogP contribution is -2.45. The molecule has 0 radical (unpaired) electrons. The molecule has 1 aromatic rings. The fourth-order valence-corrected chi connectivity index (χ4v) is 1.45. The molecule has 2 heterocycles. The Labute approximate surface area is 96.2 Å². The molecule has 0 fully saturated rings. The van der Waals surface area contributed by atoms with Gasteiger partial charge >= 0.3 is 11.9 Å². The third kappa shape index (κ3) is 1.79. The molecule has 0 bridgehead atoms. The molecule has 2 N–H and O–H groups in total. The SMILES string of the molecule is Cc1cc2c(n1C)OC(=O)C(O)C(O)C(=O)O2. The van der Waals surface area contributed by atoms with E-state index in [1.807, 2.05) is 0 Å². The van der Waals surface area contributed by atoms with Crippen LogP contribution in [0.25, 0.3) is 0 Å². The minimum Gasteiger partial charge on any atom is -0.419 e. The van der Waals surface area contributed by atoms with Crippen molar-refractivity contribution in [2.45, 2.75) is 19.1 Å². The number of nitrogens with zero attached hydrogens (tertiary/aromatic N) is 1. The van der Waals surface area contributed by atoms with Crippen LogP contribution in [0.15, 0.2) is 6.07 Å². The molecular formula is C10H11NO6. The van der Waals surface area contributed by atoms with Gasteiger partial charge in [0.1, 0.15) is 0 Å². The topological polar surface area (TPSA) is 98.0 Å². The Hall–Kier alpha value is -1.86. The van der Waals surface area contributed by atoms with Crippen molar-refractivity contribution in [3.63, 3.8) is 0 Å². The van der Waals surface area contributed by atoms with Crippen LogP contribution in [-0.2, 0) is 16.6 Å². The number of hydrogen-bond donors (Lipinski definition) is 2. The zero-order valence-corrected chi connectivity index (χ0v) is 9.21. The van der Waals surface area contributed by atoms with Crippen molar-refractivity contribution in [3.05, 3.63) is 11.8 Å². The zero-order chi connectivity index (χ0) is 12.7. The van der Waals surface area contributed by atoms with E-state index < -0.39 is 24.1 Å². The number of aromatic nitrogens is 1. The maximum atomic E-state index is 11.4. The summed E-state index contributed by atoms with van der Waals surface area (Å²) in [7, 11) is 1.61. The third-order valence-electron chi connectivity index (χ3n) is 2.57. The molecule has 1 aliphatic rings. The summed E-state index contributed by atoms with van der Waals surface area (Å²) in [6.07, 6.45) is -3.90. The van der Waals surface area contributed by atoms with Crippen molar-refractivity contribution in [2.24, 2.45) is 7.05 Å². The summed E-state index contributed by atoms with van der Waals surface area (Å²) in [5.41, 5.74) is 0.696. The molecule has 2 unspecified atom stereocenters. The Morgan fingerprint density at radius 1 is 1.18 bits per heavy atom. The van der Waals surface area contributed by atoms with E-state index in [2.05, 4.69) is 0 Å². The van der Waals surface area contributed by atoms with Gasteiger partial charge in [0, 0.05) is 18.8 Å². The van der Waals surface area contributed by atoms with Gasteiger partial charge in [-0.1, -0.05) is 0 Å². The standard InChI is InChI=1S/C10H11NO6/c1-4-3-5-8(11(4)2)17-10(15)7(13)6(12)9(14)16-5/h3,6-7,12-13H,1-2H3. The van der Waals surface area contributed by atoms with Gasteiger partial charge < -0.3 is 24.3 Å². The van der Waals surface area contributed by atoms with Crippen LogP contribution >= 0.6 is 0 Å². The molecule has 92 valence electrons. The van der Waals surface area contributed by atoms with E-state index in [4.69, 9.17) is 9.47 Å². The third-order valence-corrected chi connectivity index (χ3v) is 2.57. The Kier molecular flexibility index (Phi) is 2.64. The van der Waals surface area contributed by atoms with Gasteiger partial charge in [0.05, 0.1) is 0 Å². The van der Waals surface area contributed by atoms with E-state index in [0.29, 0.717) is 5.69 Å². The molecule has 2 rings (SSSR count). The quantitative estimate of drug-likeness (QED) is 0.558. The molecule has 17 heavy (non-hydrogen) atoms. The van der Waals surface area contributed by atoms with Crippen LogP contribution in [-0.4, -0.2) is 38.9 Å². The van der Waals surface area contributed by atoms with Gasteiger partial charge in [0.25, 0.3) is 0 Å². The molecule has 1 aliphatic heterocycles. The highest BCUT2D eigenvalue weighted by molar-refractivity contribution is 5.89. The number of aliphatic hydroxyl groups excluding tert-OH is 2. The highest BCUT2D eigenvalue weighted by Crippen LogP contribution is 2.32. The minimum atomic E-state index is -1.95. The van der Waals surface area contributed by atoms with Crippen molar-refractivity contribution in [1.82, 2.24) is 4.57 Å². The molecule has 7 heteroatoms. The van der Waals surface area contributed by atoms with E-state index in [1.54, 1.807) is 14.0 Å². The zero-order valence-electron chi connectivity index (χ0n) is 9.21. The van der Waals surface area contributed by atoms with Gasteiger partial charge in [0.15, 0.2) is 18.0 Å². The smallest absolute Gasteiger partial charge is 0.345 e. The summed E-state index contributed by atoms with van der Waals surface area (Å²) < 4.78 is 11.2. The van der Waals surface area contributed by atoms with Crippen molar-refractivity contribution in [1.29, 1.82) is 0 Å². The van der Waals surface area contributed by atoms with Crippen LogP contribution in [0.3, 0.4) is 0 Å². The first-order valence-corrected chi connectivity index (χ1v) is 4.87. The van der Waals surface area contributed by atoms with E-state index >= 15 is 0 Å². The van der Waals surface area contributed by atoms with Crippen LogP contribution in [0.2, 0.25) is 0 Å². The number of carbonyl (C=O) groups excluding carboxylic acids is 2. The van der Waals surface area contributed by atoms with Gasteiger partial charge in [-0.3, -0.25) is 0 Å². The van der Waals surface area contributed by atoms with Gasteiger partial charge in [-0.15, -0.1) is 0 Å². The van der Waals surface area contributed by atoms with E-state index in [-0.39, 0.29) is 11.6 Å². The summed E-state index contributed by atoms with van der Waals surface area (Å²) in [5, 5.41) is 18.6. The van der Waals surface area contributed by atoms with Gasteiger partial charge in [-0.2, -0.15) is 0 Å². The first-order valence-electron chi connectivity index (χ1n) is 4.87. The van der Waals surface area contributed by atoms with Crippen LogP contribution in [0.4, 0.5) is 0 Å². The Morgan fingerprint density at radius 3 is 2.29 bits per heavy atom. The van der Waals surface area contributed by atoms with Crippen LogP contribution in [0.1, 0.15) is 5.69 Å². The van der Waals surface area contributed by atoms with Crippen LogP contribution in [0, 0.1) is 6.92 Å². The van der Waals surface area contributed by atoms with Crippen molar-refractivity contribution >= 4 is 11.9 Å². The summed E-state index contributed by atoms with van der Waals surface area (Å²) in [6, 6.07) is 1.49. The number of esters is 2. The first kappa shape index (κ1) is 11.6. The molecule has 0 amide bonds. The average Bonchev–Trinajstić information content (AvgIpc) is 2.53. The second kappa shape index (κ2) is 3.86. The van der Waals surface area contributed by atoms with E-state index in [9.17, 15) is 19.8 Å². The Bertz CT molecular complexity index is 491. The Morgan fingerprint density at radius 2 is 1.71 bits per heavy atom. The van der Waals surface area contributed by atoms with Gasteiger partial charge in [-0.25, -0.2) is 9.59 Å². The maximum Gasteiger partial charge on any atom is 0.345 e. The second-order valence-corrected chi connectivity index (χ2v) is 3.75. The molecular weight excluding hydrogens is 230 g/mol. The normalized spacial score (nSPS) is 24.5. The largest absolute Gasteiger partial charge is 0.419 e. The number of ether oxygens (including phenoxy) is 2. The molecule has 0 saturated carbocycles. The fourth-order valence-electron chi connectivity index (χ4n) is 1.45. The molecule has 2 atom stereocenters. The second-order valence-electron chi connectivity index (χ2n) is 3.75. The monoisotopic (exact) mass is 241 g/mol. The lowest BCUT2D eigenvalue weighted by Gasteiger charge is -2.19. The highest BCUT2D eigenvalue weighted by Gasteiger charge is 2.37. The fraction of sp³-hybridized carbons (Fsp3) is 0.400. The Balaban J connectivity index is 2.49. The molecule has 1 aromatic heterocycles. The molecule has 0 aliphatic carbocycles. The highest BCUT2D eigenvalue weighted by atomic mass is 16.6. The van der Waals surface area contributed by atoms with Gasteiger partial charge in [0.2, 0.25) is 5.88 Å². The average molecular weight is 241 g/mol. The lowest BCUT2D eigenvalue weighted by atomic mass is 10.2. The number of rotatable bonds is 0. The number of carbonyl (C=O) groups is 2. The summed E-state index contributed by atoms with van der Waals surface area (Å²) in [4.78, 5) is 22.8. The van der Waals surface area contributed by atoms with E-state index in [0.717, 1.165) is 0 Å². The van der Waals surface area contributed by atoms with Crippen molar-refractivity contribution in [3.8, 4) is 11.6 Å². The summed E-state index contributed by atoms with van der Waals surface area (Å²) in [5.74, 6) is -2.14. The predicted molar refractivity (Wildman–Crippen MR) is 53.4 cm³/mol. The molecule has 7 nitrogen and oxygen atoms in total. The summed E-state index contributed by atoms with van der Waals surface area (Å²) in [6.45, 7) is 1.72. The minimum absolute atomic E-state index is 0.0202. The van der Waals surface area contributed by atoms with Crippen LogP contribution < -0.4 is 9.47 Å². The number of hydrogen-bond acceptors (Lipinski definition) is 6. The molecule has 0 spiro atoms. The maximum absolute atomic E-state index is 11.4. The van der Waals surface area contributed by atoms with Gasteiger partial charge in [-0.05, 0) is 6.92 Å². The number of aliphatic hydroxyl groups is 2.